The number of amides is 2. The molecule has 0 spiro atoms. The normalized spacial score (nSPS) is 10.0. The highest BCUT2D eigenvalue weighted by atomic mass is 16.5. The van der Waals surface area contributed by atoms with Crippen LogP contribution in [0.15, 0.2) is 24.3 Å². The van der Waals surface area contributed by atoms with Crippen molar-refractivity contribution in [3.63, 3.8) is 0 Å². The molecular formula is C14H23N3O2. The summed E-state index contributed by atoms with van der Waals surface area (Å²) in [6, 6.07) is 7.12. The molecule has 1 rings (SSSR count). The Balaban J connectivity index is 2.23. The van der Waals surface area contributed by atoms with Gasteiger partial charge >= 0.3 is 6.03 Å². The molecule has 2 amide bonds. The maximum absolute atomic E-state index is 11.7. The number of urea groups is 1. The van der Waals surface area contributed by atoms with Crippen molar-refractivity contribution in [2.24, 2.45) is 5.73 Å². The first kappa shape index (κ1) is 15.3. The number of methoxy groups -OCH3 is 1. The zero-order chi connectivity index (χ0) is 13.9. The summed E-state index contributed by atoms with van der Waals surface area (Å²) in [6.45, 7) is 1.41. The molecular weight excluding hydrogens is 242 g/mol. The van der Waals surface area contributed by atoms with Crippen molar-refractivity contribution in [3.8, 4) is 5.75 Å². The number of carbonyl (C=O) groups is 1. The van der Waals surface area contributed by atoms with Crippen LogP contribution in [0.1, 0.15) is 25.7 Å². The van der Waals surface area contributed by atoms with Crippen LogP contribution < -0.4 is 21.1 Å². The monoisotopic (exact) mass is 265 g/mol. The van der Waals surface area contributed by atoms with Crippen molar-refractivity contribution in [3.05, 3.63) is 24.3 Å². The van der Waals surface area contributed by atoms with Crippen LogP contribution in [0.25, 0.3) is 0 Å². The molecule has 0 unspecified atom stereocenters. The third-order valence-corrected chi connectivity index (χ3v) is 2.77. The van der Waals surface area contributed by atoms with Crippen LogP contribution in [-0.2, 0) is 0 Å². The molecule has 0 aliphatic carbocycles. The number of carbonyl (C=O) groups excluding carboxylic acids is 1. The second kappa shape index (κ2) is 9.22. The number of hydrogen-bond acceptors (Lipinski definition) is 3. The fourth-order valence-corrected chi connectivity index (χ4v) is 1.74. The third-order valence-electron chi connectivity index (χ3n) is 2.77. The first-order chi connectivity index (χ1) is 9.27. The van der Waals surface area contributed by atoms with Gasteiger partial charge in [0.25, 0.3) is 0 Å². The van der Waals surface area contributed by atoms with Crippen molar-refractivity contribution in [1.82, 2.24) is 5.32 Å². The zero-order valence-corrected chi connectivity index (χ0v) is 11.4. The van der Waals surface area contributed by atoms with Gasteiger partial charge in [-0.1, -0.05) is 25.0 Å². The van der Waals surface area contributed by atoms with Gasteiger partial charge in [-0.25, -0.2) is 4.79 Å². The maximum Gasteiger partial charge on any atom is 0.319 e. The van der Waals surface area contributed by atoms with Crippen LogP contribution in [0.3, 0.4) is 0 Å². The minimum absolute atomic E-state index is 0.205. The van der Waals surface area contributed by atoms with Gasteiger partial charge < -0.3 is 21.1 Å². The van der Waals surface area contributed by atoms with Crippen LogP contribution in [0.2, 0.25) is 0 Å². The Morgan fingerprint density at radius 2 is 1.95 bits per heavy atom. The van der Waals surface area contributed by atoms with Crippen molar-refractivity contribution >= 4 is 11.7 Å². The standard InChI is InChI=1S/C14H23N3O2/c1-19-13-9-5-4-8-12(13)17-14(18)16-11-7-3-2-6-10-15/h4-5,8-9H,2-3,6-7,10-11,15H2,1H3,(H2,16,17,18). The Morgan fingerprint density at radius 1 is 1.21 bits per heavy atom. The van der Waals surface area contributed by atoms with Gasteiger partial charge in [0.05, 0.1) is 12.8 Å². The molecule has 19 heavy (non-hydrogen) atoms. The van der Waals surface area contributed by atoms with Crippen LogP contribution in [0.4, 0.5) is 10.5 Å². The molecule has 106 valence electrons. The third kappa shape index (κ3) is 6.10. The molecule has 5 heteroatoms. The van der Waals surface area contributed by atoms with Gasteiger partial charge in [0.1, 0.15) is 5.75 Å². The topological polar surface area (TPSA) is 76.4 Å². The Bertz CT molecular complexity index is 383. The number of para-hydroxylation sites is 2. The van der Waals surface area contributed by atoms with E-state index in [9.17, 15) is 4.79 Å². The van der Waals surface area contributed by atoms with Gasteiger partial charge in [0.15, 0.2) is 0 Å². The lowest BCUT2D eigenvalue weighted by Gasteiger charge is -2.10. The predicted molar refractivity (Wildman–Crippen MR) is 77.5 cm³/mol. The van der Waals surface area contributed by atoms with Gasteiger partial charge in [-0.15, -0.1) is 0 Å². The summed E-state index contributed by atoms with van der Waals surface area (Å²) in [5.41, 5.74) is 6.09. The fourth-order valence-electron chi connectivity index (χ4n) is 1.74. The Morgan fingerprint density at radius 3 is 2.68 bits per heavy atom. The quantitative estimate of drug-likeness (QED) is 0.631. The average Bonchev–Trinajstić information content (AvgIpc) is 2.43. The van der Waals surface area contributed by atoms with Gasteiger partial charge in [0, 0.05) is 6.54 Å². The number of rotatable bonds is 8. The van der Waals surface area contributed by atoms with Crippen molar-refractivity contribution in [2.75, 3.05) is 25.5 Å². The van der Waals surface area contributed by atoms with Crippen molar-refractivity contribution in [2.45, 2.75) is 25.7 Å². The van der Waals surface area contributed by atoms with Crippen molar-refractivity contribution < 1.29 is 9.53 Å². The van der Waals surface area contributed by atoms with E-state index in [2.05, 4.69) is 10.6 Å². The first-order valence-electron chi connectivity index (χ1n) is 6.66. The largest absolute Gasteiger partial charge is 0.495 e. The number of hydrogen-bond donors (Lipinski definition) is 3. The molecule has 5 nitrogen and oxygen atoms in total. The summed E-state index contributed by atoms with van der Waals surface area (Å²) in [4.78, 5) is 11.7. The van der Waals surface area contributed by atoms with Crippen LogP contribution >= 0.6 is 0 Å². The summed E-state index contributed by atoms with van der Waals surface area (Å²) in [7, 11) is 1.58. The lowest BCUT2D eigenvalue weighted by molar-refractivity contribution is 0.251. The predicted octanol–water partition coefficient (Wildman–Crippen LogP) is 2.34. The highest BCUT2D eigenvalue weighted by Gasteiger charge is 2.05. The molecule has 0 saturated heterocycles. The molecule has 0 aliphatic rings. The molecule has 0 aromatic heterocycles. The lowest BCUT2D eigenvalue weighted by atomic mass is 10.2. The molecule has 0 saturated carbocycles. The Labute approximate surface area is 114 Å². The van der Waals surface area contributed by atoms with E-state index in [0.29, 0.717) is 18.0 Å². The number of unbranched alkanes of at least 4 members (excludes halogenated alkanes) is 3. The lowest BCUT2D eigenvalue weighted by Crippen LogP contribution is -2.29. The van der Waals surface area contributed by atoms with E-state index in [-0.39, 0.29) is 6.03 Å². The maximum atomic E-state index is 11.7. The van der Waals surface area contributed by atoms with E-state index in [1.54, 1.807) is 13.2 Å². The number of nitrogens with two attached hydrogens (primary N) is 1. The minimum atomic E-state index is -0.205. The second-order valence-electron chi connectivity index (χ2n) is 4.28. The van der Waals surface area contributed by atoms with Crippen LogP contribution in [0, 0.1) is 0 Å². The summed E-state index contributed by atoms with van der Waals surface area (Å²) < 4.78 is 5.16. The summed E-state index contributed by atoms with van der Waals surface area (Å²) in [5, 5.41) is 5.59. The second-order valence-corrected chi connectivity index (χ2v) is 4.28. The van der Waals surface area contributed by atoms with Crippen molar-refractivity contribution in [1.29, 1.82) is 0 Å². The summed E-state index contributed by atoms with van der Waals surface area (Å²) in [5.74, 6) is 0.653. The average molecular weight is 265 g/mol. The SMILES string of the molecule is COc1ccccc1NC(=O)NCCCCCCN. The molecule has 0 atom stereocenters. The molecule has 4 N–H and O–H groups in total. The highest BCUT2D eigenvalue weighted by molar-refractivity contribution is 5.90. The molecule has 0 heterocycles. The van der Waals surface area contributed by atoms with Gasteiger partial charge in [0.2, 0.25) is 0 Å². The van der Waals surface area contributed by atoms with Crippen LogP contribution in [0.5, 0.6) is 5.75 Å². The smallest absolute Gasteiger partial charge is 0.319 e. The number of benzene rings is 1. The number of ether oxygens (including phenoxy) is 1. The molecule has 1 aromatic rings. The molecule has 1 aromatic carbocycles. The number of nitrogens with one attached hydrogen (secondary N) is 2. The minimum Gasteiger partial charge on any atom is -0.495 e. The summed E-state index contributed by atoms with van der Waals surface area (Å²) in [6.07, 6.45) is 4.23. The molecule has 0 aliphatic heterocycles. The molecule has 0 bridgehead atoms. The first-order valence-corrected chi connectivity index (χ1v) is 6.66. The van der Waals surface area contributed by atoms with E-state index in [1.807, 2.05) is 18.2 Å². The fraction of sp³-hybridized carbons (Fsp3) is 0.500. The number of anilines is 1. The van der Waals surface area contributed by atoms with E-state index in [0.717, 1.165) is 32.2 Å². The van der Waals surface area contributed by atoms with E-state index in [1.165, 1.54) is 0 Å². The molecule has 0 radical (unpaired) electrons. The highest BCUT2D eigenvalue weighted by Crippen LogP contribution is 2.22. The molecule has 0 fully saturated rings. The van der Waals surface area contributed by atoms with Gasteiger partial charge in [-0.2, -0.15) is 0 Å². The Hall–Kier alpha value is -1.75. The van der Waals surface area contributed by atoms with Crippen LogP contribution in [-0.4, -0.2) is 26.2 Å². The van der Waals surface area contributed by atoms with Gasteiger partial charge in [-0.05, 0) is 31.5 Å². The van der Waals surface area contributed by atoms with E-state index < -0.39 is 0 Å². The van der Waals surface area contributed by atoms with Gasteiger partial charge in [-0.3, -0.25) is 0 Å². The summed E-state index contributed by atoms with van der Waals surface area (Å²) >= 11 is 0. The van der Waals surface area contributed by atoms with E-state index >= 15 is 0 Å². The zero-order valence-electron chi connectivity index (χ0n) is 11.4. The Kier molecular flexibility index (Phi) is 7.43. The van der Waals surface area contributed by atoms with E-state index in [4.69, 9.17) is 10.5 Å².